The van der Waals surface area contributed by atoms with Crippen LogP contribution in [0.25, 0.3) is 11.0 Å². The van der Waals surface area contributed by atoms with Gasteiger partial charge >= 0.3 is 0 Å². The van der Waals surface area contributed by atoms with Gasteiger partial charge in [0.05, 0.1) is 22.2 Å². The van der Waals surface area contributed by atoms with Crippen LogP contribution in [0.3, 0.4) is 0 Å². The third-order valence-corrected chi connectivity index (χ3v) is 6.97. The first kappa shape index (κ1) is 22.3. The number of piperidine rings is 1. The molecule has 3 amide bonds. The largest absolute Gasteiger partial charge is 0.342 e. The molecule has 5 rings (SSSR count). The predicted molar refractivity (Wildman–Crippen MR) is 130 cm³/mol. The van der Waals surface area contributed by atoms with E-state index < -0.39 is 6.04 Å². The second-order valence-corrected chi connectivity index (χ2v) is 9.91. The fraction of sp³-hybridized carbons (Fsp3) is 0.407. The van der Waals surface area contributed by atoms with Crippen molar-refractivity contribution in [3.05, 3.63) is 65.0 Å². The average Bonchev–Trinajstić information content (AvgIpc) is 3.36. The molecule has 0 saturated carbocycles. The van der Waals surface area contributed by atoms with Crippen LogP contribution in [0.4, 0.5) is 0 Å². The number of carbonyl (C=O) groups excluding carboxylic acids is 3. The molecule has 0 radical (unpaired) electrons. The van der Waals surface area contributed by atoms with E-state index in [-0.39, 0.29) is 29.6 Å². The van der Waals surface area contributed by atoms with Crippen molar-refractivity contribution in [3.63, 3.8) is 0 Å². The number of nitrogens with one attached hydrogen (secondary N) is 1. The lowest BCUT2D eigenvalue weighted by Crippen LogP contribution is -2.53. The fourth-order valence-electron chi connectivity index (χ4n) is 5.17. The van der Waals surface area contributed by atoms with Gasteiger partial charge in [0.25, 0.3) is 11.8 Å². The minimum absolute atomic E-state index is 0.137. The number of benzene rings is 2. The number of imidazole rings is 1. The van der Waals surface area contributed by atoms with E-state index in [9.17, 15) is 14.4 Å². The Hall–Kier alpha value is -3.48. The summed E-state index contributed by atoms with van der Waals surface area (Å²) in [4.78, 5) is 51.1. The van der Waals surface area contributed by atoms with Crippen molar-refractivity contribution in [2.75, 3.05) is 13.1 Å². The zero-order valence-electron chi connectivity index (χ0n) is 19.9. The Bertz CT molecular complexity index is 1230. The monoisotopic (exact) mass is 458 g/mol. The van der Waals surface area contributed by atoms with Gasteiger partial charge in [-0.2, -0.15) is 0 Å². The molecule has 1 aromatic heterocycles. The second-order valence-electron chi connectivity index (χ2n) is 9.91. The summed E-state index contributed by atoms with van der Waals surface area (Å²) in [6.45, 7) is 7.24. The molecule has 0 spiro atoms. The molecule has 176 valence electrons. The van der Waals surface area contributed by atoms with Gasteiger partial charge in [-0.15, -0.1) is 0 Å². The summed E-state index contributed by atoms with van der Waals surface area (Å²) in [5.41, 5.74) is 3.95. The van der Waals surface area contributed by atoms with Gasteiger partial charge in [-0.1, -0.05) is 32.0 Å². The summed E-state index contributed by atoms with van der Waals surface area (Å²) >= 11 is 0. The lowest BCUT2D eigenvalue weighted by atomic mass is 9.94. The summed E-state index contributed by atoms with van der Waals surface area (Å²) < 4.78 is 0. The third kappa shape index (κ3) is 3.89. The predicted octanol–water partition coefficient (Wildman–Crippen LogP) is 4.29. The minimum atomic E-state index is -0.780. The Morgan fingerprint density at radius 2 is 1.71 bits per heavy atom. The van der Waals surface area contributed by atoms with E-state index >= 15 is 0 Å². The van der Waals surface area contributed by atoms with Crippen LogP contribution >= 0.6 is 0 Å². The highest BCUT2D eigenvalue weighted by Gasteiger charge is 2.44. The molecule has 1 unspecified atom stereocenters. The van der Waals surface area contributed by atoms with Crippen LogP contribution in [0.15, 0.2) is 42.5 Å². The number of carbonyl (C=O) groups is 3. The SMILES string of the molecule is Cc1ccc2nc(C3CCN(C(=O)C(CC(C)C)N4C(=O)c5ccccc5C4=O)CC3)[nH]c2c1. The number of hydrogen-bond acceptors (Lipinski definition) is 4. The summed E-state index contributed by atoms with van der Waals surface area (Å²) in [5, 5.41) is 0. The lowest BCUT2D eigenvalue weighted by molar-refractivity contribution is -0.137. The first-order valence-corrected chi connectivity index (χ1v) is 12.1. The van der Waals surface area contributed by atoms with Crippen LogP contribution < -0.4 is 0 Å². The molecule has 1 N–H and O–H groups in total. The topological polar surface area (TPSA) is 86.4 Å². The maximum atomic E-state index is 13.6. The molecule has 2 aliphatic heterocycles. The molecular weight excluding hydrogens is 428 g/mol. The average molecular weight is 459 g/mol. The Labute approximate surface area is 199 Å². The molecule has 0 bridgehead atoms. The molecule has 2 aliphatic rings. The highest BCUT2D eigenvalue weighted by atomic mass is 16.2. The normalized spacial score (nSPS) is 17.6. The molecule has 1 fully saturated rings. The van der Waals surface area contributed by atoms with E-state index in [1.54, 1.807) is 24.3 Å². The minimum Gasteiger partial charge on any atom is -0.342 e. The van der Waals surface area contributed by atoms with Gasteiger partial charge in [0.2, 0.25) is 5.91 Å². The maximum absolute atomic E-state index is 13.6. The summed E-state index contributed by atoms with van der Waals surface area (Å²) in [7, 11) is 0. The van der Waals surface area contributed by atoms with Gasteiger partial charge in [0, 0.05) is 19.0 Å². The Morgan fingerprint density at radius 3 is 2.32 bits per heavy atom. The zero-order valence-corrected chi connectivity index (χ0v) is 19.9. The highest BCUT2D eigenvalue weighted by Crippen LogP contribution is 2.31. The number of aromatic amines is 1. The number of H-pyrrole nitrogens is 1. The molecule has 1 atom stereocenters. The van der Waals surface area contributed by atoms with Crippen LogP contribution in [-0.4, -0.2) is 56.6 Å². The van der Waals surface area contributed by atoms with Gasteiger partial charge in [-0.25, -0.2) is 4.98 Å². The van der Waals surface area contributed by atoms with Crippen LogP contribution in [0, 0.1) is 12.8 Å². The van der Waals surface area contributed by atoms with Crippen LogP contribution in [-0.2, 0) is 4.79 Å². The van der Waals surface area contributed by atoms with Crippen molar-refractivity contribution in [3.8, 4) is 0 Å². The molecule has 2 aromatic carbocycles. The number of aryl methyl sites for hydroxylation is 1. The summed E-state index contributed by atoms with van der Waals surface area (Å²) in [6.07, 6.45) is 2.04. The molecule has 7 nitrogen and oxygen atoms in total. The van der Waals surface area contributed by atoms with Crippen LogP contribution in [0.1, 0.15) is 71.1 Å². The van der Waals surface area contributed by atoms with E-state index in [1.165, 1.54) is 10.5 Å². The van der Waals surface area contributed by atoms with Gasteiger partial charge < -0.3 is 9.88 Å². The third-order valence-electron chi connectivity index (χ3n) is 6.97. The number of aromatic nitrogens is 2. The van der Waals surface area contributed by atoms with Crippen LogP contribution in [0.5, 0.6) is 0 Å². The first-order valence-electron chi connectivity index (χ1n) is 12.1. The number of amides is 3. The lowest BCUT2D eigenvalue weighted by Gasteiger charge is -2.36. The van der Waals surface area contributed by atoms with Crippen molar-refractivity contribution in [2.24, 2.45) is 5.92 Å². The standard InChI is InChI=1S/C27H30N4O3/c1-16(2)14-23(31-25(32)19-6-4-5-7-20(19)26(31)33)27(34)30-12-10-18(11-13-30)24-28-21-9-8-17(3)15-22(21)29-24/h4-9,15-16,18,23H,10-14H2,1-3H3,(H,28,29). The van der Waals surface area contributed by atoms with E-state index in [0.29, 0.717) is 30.6 Å². The summed E-state index contributed by atoms with van der Waals surface area (Å²) in [5.74, 6) is 0.502. The Kier molecular flexibility index (Phi) is 5.71. The number of fused-ring (bicyclic) bond motifs is 2. The van der Waals surface area contributed by atoms with E-state index in [0.717, 1.165) is 29.7 Å². The molecule has 3 aromatic rings. The first-order chi connectivity index (χ1) is 16.3. The Morgan fingerprint density at radius 1 is 1.06 bits per heavy atom. The quantitative estimate of drug-likeness (QED) is 0.578. The number of rotatable bonds is 5. The van der Waals surface area contributed by atoms with Gasteiger partial charge in [0.15, 0.2) is 0 Å². The van der Waals surface area contributed by atoms with E-state index in [2.05, 4.69) is 24.0 Å². The molecular formula is C27H30N4O3. The number of imide groups is 1. The maximum Gasteiger partial charge on any atom is 0.262 e. The molecule has 34 heavy (non-hydrogen) atoms. The van der Waals surface area contributed by atoms with Crippen LogP contribution in [0.2, 0.25) is 0 Å². The van der Waals surface area contributed by atoms with Crippen molar-refractivity contribution in [1.82, 2.24) is 19.8 Å². The smallest absolute Gasteiger partial charge is 0.262 e. The molecule has 1 saturated heterocycles. The number of likely N-dealkylation sites (tertiary alicyclic amines) is 1. The second kappa shape index (κ2) is 8.70. The van der Waals surface area contributed by atoms with E-state index in [1.807, 2.05) is 24.8 Å². The molecule has 7 heteroatoms. The Balaban J connectivity index is 1.32. The van der Waals surface area contributed by atoms with Crippen molar-refractivity contribution in [1.29, 1.82) is 0 Å². The highest BCUT2D eigenvalue weighted by molar-refractivity contribution is 6.22. The summed E-state index contributed by atoms with van der Waals surface area (Å²) in [6, 6.07) is 12.2. The van der Waals surface area contributed by atoms with Gasteiger partial charge in [0.1, 0.15) is 11.9 Å². The van der Waals surface area contributed by atoms with Crippen molar-refractivity contribution < 1.29 is 14.4 Å². The molecule has 3 heterocycles. The van der Waals surface area contributed by atoms with Gasteiger partial charge in [-0.3, -0.25) is 19.3 Å². The zero-order chi connectivity index (χ0) is 24.0. The molecule has 0 aliphatic carbocycles. The van der Waals surface area contributed by atoms with Gasteiger partial charge in [-0.05, 0) is 61.9 Å². The van der Waals surface area contributed by atoms with Crippen molar-refractivity contribution in [2.45, 2.75) is 52.0 Å². The number of nitrogens with zero attached hydrogens (tertiary/aromatic N) is 3. The van der Waals surface area contributed by atoms with E-state index in [4.69, 9.17) is 4.98 Å². The fourth-order valence-corrected chi connectivity index (χ4v) is 5.17. The number of hydrogen-bond donors (Lipinski definition) is 1. The van der Waals surface area contributed by atoms with Crippen molar-refractivity contribution >= 4 is 28.8 Å².